The molecule has 1 unspecified atom stereocenters. The topological polar surface area (TPSA) is 97.5 Å². The van der Waals surface area contributed by atoms with E-state index >= 15 is 0 Å². The van der Waals surface area contributed by atoms with E-state index in [0.29, 0.717) is 30.0 Å². The average Bonchev–Trinajstić information content (AvgIpc) is 3.35. The molecular weight excluding hydrogens is 400 g/mol. The molecule has 1 atom stereocenters. The fourth-order valence-corrected chi connectivity index (χ4v) is 5.77. The monoisotopic (exact) mass is 420 g/mol. The Balaban J connectivity index is 1.60. The van der Waals surface area contributed by atoms with Crippen molar-refractivity contribution in [2.45, 2.75) is 29.1 Å². The summed E-state index contributed by atoms with van der Waals surface area (Å²) in [6.07, 6.45) is 0.596. The predicted molar refractivity (Wildman–Crippen MR) is 104 cm³/mol. The summed E-state index contributed by atoms with van der Waals surface area (Å²) in [5.41, 5.74) is 0.961. The summed E-state index contributed by atoms with van der Waals surface area (Å²) in [6, 6.07) is 13.0. The number of nitrogens with zero attached hydrogens (tertiary/aromatic N) is 2. The van der Waals surface area contributed by atoms with Crippen LogP contribution in [0.1, 0.15) is 25.2 Å². The van der Waals surface area contributed by atoms with Crippen molar-refractivity contribution < 1.29 is 21.3 Å². The van der Waals surface area contributed by atoms with Gasteiger partial charge in [-0.1, -0.05) is 25.1 Å². The maximum Gasteiger partial charge on any atom is 0.243 e. The van der Waals surface area contributed by atoms with Crippen LogP contribution in [0.2, 0.25) is 0 Å². The standard InChI is InChI=1S/C19H20N2O5S2/c1-2-27(22,23)16-8-9-18-17(12-16)20-19(26-18)14-10-11-21(13-14)28(24,25)15-6-4-3-5-7-15/h3-9,12,14H,2,10-11,13H2,1H3. The molecule has 1 aliphatic rings. The number of rotatable bonds is 5. The summed E-state index contributed by atoms with van der Waals surface area (Å²) in [7, 11) is -6.88. The highest BCUT2D eigenvalue weighted by Crippen LogP contribution is 2.32. The molecule has 148 valence electrons. The van der Waals surface area contributed by atoms with Crippen LogP contribution < -0.4 is 0 Å². The quantitative estimate of drug-likeness (QED) is 0.630. The summed E-state index contributed by atoms with van der Waals surface area (Å²) in [4.78, 5) is 4.92. The fourth-order valence-electron chi connectivity index (χ4n) is 3.35. The second-order valence-corrected chi connectivity index (χ2v) is 11.0. The zero-order chi connectivity index (χ0) is 19.9. The first-order chi connectivity index (χ1) is 13.3. The summed E-state index contributed by atoms with van der Waals surface area (Å²) < 4.78 is 56.9. The fraction of sp³-hybridized carbons (Fsp3) is 0.316. The molecule has 0 N–H and O–H groups in total. The molecule has 3 aromatic rings. The average molecular weight is 421 g/mol. The molecule has 1 saturated heterocycles. The number of aromatic nitrogens is 1. The third kappa shape index (κ3) is 3.34. The number of benzene rings is 2. The largest absolute Gasteiger partial charge is 0.440 e. The molecule has 0 spiro atoms. The minimum absolute atomic E-state index is 0.0120. The second kappa shape index (κ2) is 6.98. The number of hydrogen-bond donors (Lipinski definition) is 0. The molecular formula is C19H20N2O5S2. The molecule has 0 saturated carbocycles. The molecule has 1 fully saturated rings. The SMILES string of the molecule is CCS(=O)(=O)c1ccc2oc(C3CCN(S(=O)(=O)c4ccccc4)C3)nc2c1. The molecule has 0 bridgehead atoms. The van der Waals surface area contributed by atoms with Crippen molar-refractivity contribution in [2.75, 3.05) is 18.8 Å². The van der Waals surface area contributed by atoms with Crippen molar-refractivity contribution in [3.05, 3.63) is 54.4 Å². The van der Waals surface area contributed by atoms with Gasteiger partial charge < -0.3 is 4.42 Å². The molecule has 9 heteroatoms. The van der Waals surface area contributed by atoms with E-state index in [1.54, 1.807) is 43.3 Å². The van der Waals surface area contributed by atoms with Gasteiger partial charge in [0.1, 0.15) is 5.52 Å². The van der Waals surface area contributed by atoms with Gasteiger partial charge >= 0.3 is 0 Å². The van der Waals surface area contributed by atoms with Gasteiger partial charge in [-0.3, -0.25) is 0 Å². The highest BCUT2D eigenvalue weighted by molar-refractivity contribution is 7.91. The van der Waals surface area contributed by atoms with Crippen molar-refractivity contribution in [3.8, 4) is 0 Å². The first-order valence-electron chi connectivity index (χ1n) is 9.00. The lowest BCUT2D eigenvalue weighted by Gasteiger charge is -2.15. The van der Waals surface area contributed by atoms with Crippen molar-refractivity contribution in [1.82, 2.24) is 9.29 Å². The van der Waals surface area contributed by atoms with Crippen LogP contribution in [0.15, 0.2) is 62.7 Å². The van der Waals surface area contributed by atoms with Gasteiger partial charge in [-0.05, 0) is 36.8 Å². The minimum Gasteiger partial charge on any atom is -0.440 e. The predicted octanol–water partition coefficient (Wildman–Crippen LogP) is 2.80. The molecule has 0 amide bonds. The highest BCUT2D eigenvalue weighted by Gasteiger charge is 2.35. The van der Waals surface area contributed by atoms with Gasteiger partial charge in [0.25, 0.3) is 0 Å². The Bertz CT molecular complexity index is 1220. The first kappa shape index (κ1) is 19.1. The van der Waals surface area contributed by atoms with E-state index in [2.05, 4.69) is 4.98 Å². The van der Waals surface area contributed by atoms with Crippen molar-refractivity contribution in [3.63, 3.8) is 0 Å². The zero-order valence-electron chi connectivity index (χ0n) is 15.3. The van der Waals surface area contributed by atoms with E-state index in [1.807, 2.05) is 0 Å². The Hall–Kier alpha value is -2.23. The van der Waals surface area contributed by atoms with Gasteiger partial charge in [0.05, 0.1) is 21.5 Å². The van der Waals surface area contributed by atoms with Crippen molar-refractivity contribution >= 4 is 31.0 Å². The molecule has 1 aliphatic heterocycles. The Morgan fingerprint density at radius 3 is 2.54 bits per heavy atom. The van der Waals surface area contributed by atoms with Gasteiger partial charge in [0, 0.05) is 13.1 Å². The van der Waals surface area contributed by atoms with Gasteiger partial charge in [-0.15, -0.1) is 0 Å². The van der Waals surface area contributed by atoms with Crippen LogP contribution >= 0.6 is 0 Å². The Morgan fingerprint density at radius 2 is 1.82 bits per heavy atom. The lowest BCUT2D eigenvalue weighted by atomic mass is 10.1. The first-order valence-corrected chi connectivity index (χ1v) is 12.1. The van der Waals surface area contributed by atoms with Crippen LogP contribution in [0.5, 0.6) is 0 Å². The number of sulfonamides is 1. The highest BCUT2D eigenvalue weighted by atomic mass is 32.2. The third-order valence-corrected chi connectivity index (χ3v) is 8.61. The maximum absolute atomic E-state index is 12.8. The number of hydrogen-bond acceptors (Lipinski definition) is 6. The normalized spacial score (nSPS) is 18.7. The Kier molecular flexibility index (Phi) is 4.76. The molecule has 2 aromatic carbocycles. The summed E-state index contributed by atoms with van der Waals surface area (Å²) in [6.45, 7) is 2.26. The molecule has 2 heterocycles. The smallest absolute Gasteiger partial charge is 0.243 e. The van der Waals surface area contributed by atoms with Crippen LogP contribution in [0.25, 0.3) is 11.1 Å². The van der Waals surface area contributed by atoms with E-state index in [1.165, 1.54) is 16.4 Å². The molecule has 28 heavy (non-hydrogen) atoms. The van der Waals surface area contributed by atoms with Crippen LogP contribution in [0.4, 0.5) is 0 Å². The van der Waals surface area contributed by atoms with Gasteiger partial charge in [0.15, 0.2) is 21.3 Å². The van der Waals surface area contributed by atoms with Gasteiger partial charge in [-0.25, -0.2) is 21.8 Å². The number of oxazole rings is 1. The second-order valence-electron chi connectivity index (χ2n) is 6.75. The van der Waals surface area contributed by atoms with Gasteiger partial charge in [0.2, 0.25) is 10.0 Å². The van der Waals surface area contributed by atoms with Crippen molar-refractivity contribution in [1.29, 1.82) is 0 Å². The van der Waals surface area contributed by atoms with Crippen LogP contribution in [-0.2, 0) is 19.9 Å². The van der Waals surface area contributed by atoms with E-state index in [9.17, 15) is 16.8 Å². The lowest BCUT2D eigenvalue weighted by Crippen LogP contribution is -2.28. The van der Waals surface area contributed by atoms with Crippen LogP contribution in [-0.4, -0.2) is 45.0 Å². The van der Waals surface area contributed by atoms with Gasteiger partial charge in [-0.2, -0.15) is 4.31 Å². The minimum atomic E-state index is -3.55. The maximum atomic E-state index is 12.8. The molecule has 0 aliphatic carbocycles. The van der Waals surface area contributed by atoms with E-state index in [4.69, 9.17) is 4.42 Å². The lowest BCUT2D eigenvalue weighted by molar-refractivity contribution is 0.448. The van der Waals surface area contributed by atoms with Crippen molar-refractivity contribution in [2.24, 2.45) is 0 Å². The van der Waals surface area contributed by atoms with E-state index in [0.717, 1.165) is 0 Å². The molecule has 4 rings (SSSR count). The van der Waals surface area contributed by atoms with Crippen LogP contribution in [0.3, 0.4) is 0 Å². The summed E-state index contributed by atoms with van der Waals surface area (Å²) in [5, 5.41) is 0. The number of fused-ring (bicyclic) bond motifs is 1. The Morgan fingerprint density at radius 1 is 1.07 bits per heavy atom. The summed E-state index contributed by atoms with van der Waals surface area (Å²) in [5.74, 6) is 0.280. The van der Waals surface area contributed by atoms with E-state index in [-0.39, 0.29) is 28.0 Å². The molecule has 0 radical (unpaired) electrons. The third-order valence-electron chi connectivity index (χ3n) is 5.00. The van der Waals surface area contributed by atoms with Crippen LogP contribution in [0, 0.1) is 0 Å². The Labute approximate surface area is 164 Å². The molecule has 7 nitrogen and oxygen atoms in total. The number of sulfone groups is 1. The molecule has 1 aromatic heterocycles. The summed E-state index contributed by atoms with van der Waals surface area (Å²) >= 11 is 0. The van der Waals surface area contributed by atoms with E-state index < -0.39 is 19.9 Å². The zero-order valence-corrected chi connectivity index (χ0v) is 16.9.